The minimum Gasteiger partial charge on any atom is -0.481 e. The van der Waals surface area contributed by atoms with E-state index in [4.69, 9.17) is 5.11 Å². The first-order chi connectivity index (χ1) is 10.5. The van der Waals surface area contributed by atoms with Crippen molar-refractivity contribution in [3.63, 3.8) is 0 Å². The smallest absolute Gasteiger partial charge is 0.305 e. The van der Waals surface area contributed by atoms with Crippen molar-refractivity contribution in [2.75, 3.05) is 13.1 Å². The van der Waals surface area contributed by atoms with Gasteiger partial charge in [-0.1, -0.05) is 56.3 Å². The lowest BCUT2D eigenvalue weighted by Crippen LogP contribution is -2.35. The number of rotatable bonds is 9. The Bertz CT molecular complexity index is 494. The van der Waals surface area contributed by atoms with Gasteiger partial charge in [-0.3, -0.25) is 9.59 Å². The second kappa shape index (κ2) is 9.77. The van der Waals surface area contributed by atoms with Crippen LogP contribution in [0.15, 0.2) is 36.4 Å². The Morgan fingerprint density at radius 3 is 2.45 bits per heavy atom. The van der Waals surface area contributed by atoms with E-state index in [1.54, 1.807) is 4.90 Å². The van der Waals surface area contributed by atoms with Crippen LogP contribution in [-0.4, -0.2) is 35.0 Å². The van der Waals surface area contributed by atoms with E-state index in [0.29, 0.717) is 25.3 Å². The maximum Gasteiger partial charge on any atom is 0.305 e. The monoisotopic (exact) mass is 303 g/mol. The van der Waals surface area contributed by atoms with Crippen LogP contribution in [0.25, 0.3) is 6.08 Å². The highest BCUT2D eigenvalue weighted by Gasteiger charge is 2.15. The van der Waals surface area contributed by atoms with Gasteiger partial charge in [-0.2, -0.15) is 0 Å². The summed E-state index contributed by atoms with van der Waals surface area (Å²) >= 11 is 0. The van der Waals surface area contributed by atoms with Gasteiger partial charge < -0.3 is 10.0 Å². The van der Waals surface area contributed by atoms with Crippen LogP contribution in [0.1, 0.15) is 38.7 Å². The molecule has 1 rings (SSSR count). The Hall–Kier alpha value is -2.10. The molecule has 0 atom stereocenters. The third kappa shape index (κ3) is 7.62. The van der Waals surface area contributed by atoms with Crippen molar-refractivity contribution in [3.05, 3.63) is 42.0 Å². The second-order valence-corrected chi connectivity index (χ2v) is 5.73. The third-order valence-electron chi connectivity index (χ3n) is 3.17. The van der Waals surface area contributed by atoms with Gasteiger partial charge in [-0.15, -0.1) is 0 Å². The first kappa shape index (κ1) is 18.0. The second-order valence-electron chi connectivity index (χ2n) is 5.73. The summed E-state index contributed by atoms with van der Waals surface area (Å²) in [5.74, 6) is -0.518. The van der Waals surface area contributed by atoms with E-state index in [0.717, 1.165) is 5.56 Å². The van der Waals surface area contributed by atoms with Gasteiger partial charge in [0.05, 0.1) is 6.42 Å². The fourth-order valence-electron chi connectivity index (χ4n) is 2.14. The van der Waals surface area contributed by atoms with Crippen LogP contribution in [0.4, 0.5) is 0 Å². The molecule has 1 aromatic rings. The molecule has 0 saturated carbocycles. The molecule has 1 aromatic carbocycles. The van der Waals surface area contributed by atoms with E-state index in [1.165, 1.54) is 0 Å². The number of benzene rings is 1. The molecule has 1 amide bonds. The molecule has 0 fully saturated rings. The van der Waals surface area contributed by atoms with Gasteiger partial charge >= 0.3 is 5.97 Å². The number of aliphatic carboxylic acids is 1. The van der Waals surface area contributed by atoms with E-state index in [1.807, 2.05) is 56.3 Å². The maximum absolute atomic E-state index is 12.2. The third-order valence-corrected chi connectivity index (χ3v) is 3.17. The summed E-state index contributed by atoms with van der Waals surface area (Å²) in [4.78, 5) is 24.5. The van der Waals surface area contributed by atoms with E-state index in [9.17, 15) is 9.59 Å². The highest BCUT2D eigenvalue weighted by molar-refractivity contribution is 5.77. The largest absolute Gasteiger partial charge is 0.481 e. The number of carbonyl (C=O) groups is 2. The number of nitrogens with zero attached hydrogens (tertiary/aromatic N) is 1. The van der Waals surface area contributed by atoms with Crippen molar-refractivity contribution in [2.45, 2.75) is 33.1 Å². The van der Waals surface area contributed by atoms with Crippen LogP contribution < -0.4 is 0 Å². The molecule has 0 aliphatic rings. The van der Waals surface area contributed by atoms with Crippen LogP contribution in [0.5, 0.6) is 0 Å². The Balaban J connectivity index is 2.44. The number of hydrogen-bond acceptors (Lipinski definition) is 2. The van der Waals surface area contributed by atoms with Crippen molar-refractivity contribution in [2.24, 2.45) is 5.92 Å². The summed E-state index contributed by atoms with van der Waals surface area (Å²) in [6.07, 6.45) is 5.05. The van der Waals surface area contributed by atoms with Crippen molar-refractivity contribution in [1.29, 1.82) is 0 Å². The SMILES string of the molecule is CC(C)CN(CCC(=O)O)C(=O)CC/C=C/c1ccccc1. The van der Waals surface area contributed by atoms with E-state index in [-0.39, 0.29) is 18.9 Å². The van der Waals surface area contributed by atoms with Gasteiger partial charge in [-0.05, 0) is 17.9 Å². The Kier molecular flexibility index (Phi) is 7.97. The lowest BCUT2D eigenvalue weighted by atomic mass is 10.1. The van der Waals surface area contributed by atoms with E-state index >= 15 is 0 Å². The van der Waals surface area contributed by atoms with Gasteiger partial charge in [-0.25, -0.2) is 0 Å². The standard InChI is InChI=1S/C18H25NO3/c1-15(2)14-19(13-12-18(21)22)17(20)11-7-6-10-16-8-4-3-5-9-16/h3-6,8-10,15H,7,11-14H2,1-2H3,(H,21,22)/b10-6+. The zero-order valence-corrected chi connectivity index (χ0v) is 13.4. The van der Waals surface area contributed by atoms with E-state index < -0.39 is 5.97 Å². The molecular formula is C18H25NO3. The van der Waals surface area contributed by atoms with Crippen LogP contribution in [0.3, 0.4) is 0 Å². The summed E-state index contributed by atoms with van der Waals surface area (Å²) in [7, 11) is 0. The normalized spacial score (nSPS) is 11.0. The van der Waals surface area contributed by atoms with Crippen molar-refractivity contribution in [3.8, 4) is 0 Å². The molecule has 1 N–H and O–H groups in total. The predicted octanol–water partition coefficient (Wildman–Crippen LogP) is 3.44. The molecular weight excluding hydrogens is 278 g/mol. The molecule has 22 heavy (non-hydrogen) atoms. The van der Waals surface area contributed by atoms with Crippen molar-refractivity contribution < 1.29 is 14.7 Å². The molecule has 0 saturated heterocycles. The number of hydrogen-bond donors (Lipinski definition) is 1. The first-order valence-corrected chi connectivity index (χ1v) is 7.70. The molecule has 0 unspecified atom stereocenters. The van der Waals surface area contributed by atoms with Crippen molar-refractivity contribution >= 4 is 18.0 Å². The maximum atomic E-state index is 12.2. The lowest BCUT2D eigenvalue weighted by Gasteiger charge is -2.23. The molecule has 120 valence electrons. The minimum atomic E-state index is -0.870. The number of amides is 1. The molecule has 4 nitrogen and oxygen atoms in total. The zero-order valence-electron chi connectivity index (χ0n) is 13.4. The molecule has 0 aliphatic heterocycles. The Morgan fingerprint density at radius 1 is 1.18 bits per heavy atom. The van der Waals surface area contributed by atoms with Crippen LogP contribution in [-0.2, 0) is 9.59 Å². The van der Waals surface area contributed by atoms with Gasteiger partial charge in [0.2, 0.25) is 5.91 Å². The van der Waals surface area contributed by atoms with Gasteiger partial charge in [0.1, 0.15) is 0 Å². The fourth-order valence-corrected chi connectivity index (χ4v) is 2.14. The number of carbonyl (C=O) groups excluding carboxylic acids is 1. The highest BCUT2D eigenvalue weighted by atomic mass is 16.4. The average Bonchev–Trinajstić information content (AvgIpc) is 2.48. The highest BCUT2D eigenvalue weighted by Crippen LogP contribution is 2.07. The summed E-state index contributed by atoms with van der Waals surface area (Å²) in [5.41, 5.74) is 1.11. The first-order valence-electron chi connectivity index (χ1n) is 7.70. The zero-order chi connectivity index (χ0) is 16.4. The van der Waals surface area contributed by atoms with Gasteiger partial charge in [0, 0.05) is 19.5 Å². The fraction of sp³-hybridized carbons (Fsp3) is 0.444. The number of carboxylic acids is 1. The van der Waals surface area contributed by atoms with Gasteiger partial charge in [0.25, 0.3) is 0 Å². The number of carboxylic acid groups (broad SMARTS) is 1. The van der Waals surface area contributed by atoms with Gasteiger partial charge in [0.15, 0.2) is 0 Å². The summed E-state index contributed by atoms with van der Waals surface area (Å²) in [6.45, 7) is 4.94. The van der Waals surface area contributed by atoms with Crippen LogP contribution in [0, 0.1) is 5.92 Å². The molecule has 4 heteroatoms. The lowest BCUT2D eigenvalue weighted by molar-refractivity contribution is -0.138. The predicted molar refractivity (Wildman–Crippen MR) is 88.4 cm³/mol. The molecule has 0 spiro atoms. The Labute approximate surface area is 132 Å². The minimum absolute atomic E-state index is 0.00167. The van der Waals surface area contributed by atoms with Crippen molar-refractivity contribution in [1.82, 2.24) is 4.90 Å². The van der Waals surface area contributed by atoms with Crippen LogP contribution >= 0.6 is 0 Å². The summed E-state index contributed by atoms with van der Waals surface area (Å²) in [5, 5.41) is 8.77. The van der Waals surface area contributed by atoms with Crippen LogP contribution in [0.2, 0.25) is 0 Å². The molecule has 0 bridgehead atoms. The quantitative estimate of drug-likeness (QED) is 0.760. The molecule has 0 aliphatic carbocycles. The topological polar surface area (TPSA) is 57.6 Å². The summed E-state index contributed by atoms with van der Waals surface area (Å²) in [6, 6.07) is 9.93. The number of allylic oxidation sites excluding steroid dienone is 1. The Morgan fingerprint density at radius 2 is 1.86 bits per heavy atom. The molecule has 0 radical (unpaired) electrons. The average molecular weight is 303 g/mol. The molecule has 0 heterocycles. The summed E-state index contributed by atoms with van der Waals surface area (Å²) < 4.78 is 0. The molecule has 0 aromatic heterocycles. The van der Waals surface area contributed by atoms with E-state index in [2.05, 4.69) is 0 Å².